The number of unbranched alkanes of at least 4 members (excludes halogenated alkanes) is 1. The number of hydrogen-bond donors (Lipinski definition) is 5. The average molecular weight is 695 g/mol. The van der Waals surface area contributed by atoms with Gasteiger partial charge in [-0.25, -0.2) is 9.78 Å². The fourth-order valence-corrected chi connectivity index (χ4v) is 7.38. The van der Waals surface area contributed by atoms with Gasteiger partial charge in [0.25, 0.3) is 0 Å². The number of rotatable bonds is 13. The summed E-state index contributed by atoms with van der Waals surface area (Å²) in [7, 11) is 4.01. The smallest absolute Gasteiger partial charge is 0.338 e. The first-order chi connectivity index (χ1) is 24.2. The van der Waals surface area contributed by atoms with Gasteiger partial charge in [-0.1, -0.05) is 26.5 Å². The number of nitrogens with one attached hydrogen (secondary N) is 3. The first-order valence-corrected chi connectivity index (χ1v) is 17.7. The molecule has 270 valence electrons. The molecule has 3 aromatic heterocycles. The van der Waals surface area contributed by atoms with E-state index in [0.717, 1.165) is 70.5 Å². The summed E-state index contributed by atoms with van der Waals surface area (Å²) in [6.45, 7) is 15.4. The topological polar surface area (TPSA) is 164 Å². The Labute approximate surface area is 298 Å². The van der Waals surface area contributed by atoms with Gasteiger partial charge in [-0.2, -0.15) is 0 Å². The van der Waals surface area contributed by atoms with Crippen molar-refractivity contribution in [3.63, 3.8) is 0 Å². The van der Waals surface area contributed by atoms with Gasteiger partial charge in [0.2, 0.25) is 5.91 Å². The normalized spacial score (nSPS) is 15.8. The Bertz CT molecular complexity index is 2090. The number of fused-ring (bicyclic) bond motifs is 8. The van der Waals surface area contributed by atoms with Crippen LogP contribution in [0.5, 0.6) is 0 Å². The molecule has 2 aliphatic heterocycles. The van der Waals surface area contributed by atoms with Crippen LogP contribution >= 0.6 is 0 Å². The Morgan fingerprint density at radius 1 is 0.980 bits per heavy atom. The third kappa shape index (κ3) is 7.68. The number of aryl methyl sites for hydroxylation is 2. The van der Waals surface area contributed by atoms with E-state index in [-0.39, 0.29) is 42.6 Å². The van der Waals surface area contributed by atoms with E-state index in [1.165, 1.54) is 0 Å². The van der Waals surface area contributed by atoms with E-state index in [2.05, 4.69) is 33.7 Å². The zero-order chi connectivity index (χ0) is 37.1. The van der Waals surface area contributed by atoms with E-state index >= 15 is 0 Å². The van der Waals surface area contributed by atoms with Crippen molar-refractivity contribution in [2.75, 3.05) is 27.2 Å². The minimum Gasteiger partial charge on any atom is -0.481 e. The van der Waals surface area contributed by atoms with Crippen LogP contribution in [0.2, 0.25) is 0 Å². The van der Waals surface area contributed by atoms with E-state index in [9.17, 15) is 24.6 Å². The second kappa shape index (κ2) is 15.5. The summed E-state index contributed by atoms with van der Waals surface area (Å²) in [4.78, 5) is 57.8. The average Bonchev–Trinajstić information content (AvgIpc) is 3.75. The maximum atomic E-state index is 13.7. The molecular formula is C40H50N6O5. The predicted octanol–water partition coefficient (Wildman–Crippen LogP) is 7.37. The van der Waals surface area contributed by atoms with Crippen molar-refractivity contribution < 1.29 is 24.6 Å². The molecule has 1 amide bonds. The summed E-state index contributed by atoms with van der Waals surface area (Å²) in [5.74, 6) is -2.93. The number of carbonyl (C=O) groups excluding carboxylic acids is 1. The number of aromatic carboxylic acids is 1. The summed E-state index contributed by atoms with van der Waals surface area (Å²) in [5, 5.41) is 23.4. The van der Waals surface area contributed by atoms with Crippen molar-refractivity contribution in [2.45, 2.75) is 85.0 Å². The standard InChI is InChI=1S/C40H50N6O5/c1-9-25-21(3)29-18-31-23(5)27(13-14-36(48)49)38(44-31)28(17-35(47)41-15-11-12-16-46(7)8)39-37(40(50)51)24(6)32(45-39)20-34-26(10-2)22(4)30(43-34)19-33(25)42-29/h9,18-20,23,27,42,45H,1,10-17H2,2-8H3,(H,41,47)(H,48,49)(H,50,51). The molecule has 11 heteroatoms. The van der Waals surface area contributed by atoms with E-state index < -0.39 is 11.9 Å². The van der Waals surface area contributed by atoms with E-state index in [1.54, 1.807) is 6.92 Å². The molecule has 0 saturated heterocycles. The number of carbonyl (C=O) groups is 3. The molecule has 0 aromatic carbocycles. The molecule has 8 bridgehead atoms. The predicted molar refractivity (Wildman–Crippen MR) is 203 cm³/mol. The van der Waals surface area contributed by atoms with Crippen LogP contribution in [0.4, 0.5) is 0 Å². The first kappa shape index (κ1) is 37.2. The Morgan fingerprint density at radius 2 is 1.69 bits per heavy atom. The maximum absolute atomic E-state index is 13.7. The Morgan fingerprint density at radius 3 is 2.33 bits per heavy atom. The number of hydrogen-bond acceptors (Lipinski definition) is 6. The van der Waals surface area contributed by atoms with E-state index in [1.807, 2.05) is 59.1 Å². The van der Waals surface area contributed by atoms with Gasteiger partial charge in [0.15, 0.2) is 0 Å². The van der Waals surface area contributed by atoms with Gasteiger partial charge in [-0.05, 0) is 108 Å². The van der Waals surface area contributed by atoms with Crippen LogP contribution in [0.25, 0.3) is 39.3 Å². The minimum absolute atomic E-state index is 0.0530. The Hall–Kier alpha value is -5.03. The number of H-pyrrole nitrogens is 2. The molecule has 2 unspecified atom stereocenters. The van der Waals surface area contributed by atoms with Crippen LogP contribution in [0, 0.1) is 13.8 Å². The molecule has 5 rings (SSSR count). The number of carboxylic acid groups (broad SMARTS) is 2. The second-order valence-corrected chi connectivity index (χ2v) is 14.0. The highest BCUT2D eigenvalue weighted by atomic mass is 16.4. The number of nitrogens with zero attached hydrogens (tertiary/aromatic N) is 3. The van der Waals surface area contributed by atoms with Gasteiger partial charge in [0.1, 0.15) is 0 Å². The fourth-order valence-electron chi connectivity index (χ4n) is 7.38. The number of aliphatic carboxylic acids is 1. The Balaban J connectivity index is 1.88. The van der Waals surface area contributed by atoms with Crippen molar-refractivity contribution in [1.29, 1.82) is 0 Å². The minimum atomic E-state index is -1.13. The van der Waals surface area contributed by atoms with Crippen LogP contribution in [-0.2, 0) is 16.0 Å². The van der Waals surface area contributed by atoms with Gasteiger partial charge in [-0.3, -0.25) is 14.6 Å². The molecular weight excluding hydrogens is 644 g/mol. The van der Waals surface area contributed by atoms with Gasteiger partial charge < -0.3 is 30.4 Å². The molecule has 11 nitrogen and oxygen atoms in total. The molecule has 51 heavy (non-hydrogen) atoms. The number of allylic oxidation sites excluding steroid dienone is 2. The lowest BCUT2D eigenvalue weighted by molar-refractivity contribution is -0.137. The molecule has 3 aromatic rings. The first-order valence-electron chi connectivity index (χ1n) is 17.7. The summed E-state index contributed by atoms with van der Waals surface area (Å²) in [6.07, 6.45) is 4.29. The zero-order valence-electron chi connectivity index (χ0n) is 30.8. The number of aromatic amines is 2. The highest BCUT2D eigenvalue weighted by Crippen LogP contribution is 2.43. The van der Waals surface area contributed by atoms with Gasteiger partial charge >= 0.3 is 11.9 Å². The summed E-state index contributed by atoms with van der Waals surface area (Å²) >= 11 is 0. The van der Waals surface area contributed by atoms with Crippen molar-refractivity contribution in [1.82, 2.24) is 30.2 Å². The third-order valence-corrected chi connectivity index (χ3v) is 10.3. The SMILES string of the molecule is C=Cc1c(C)c2cc3nc(c(CC(=O)NCCCCN(C)C)c4[nH]c(cc5nc(cc1[nH]2)C(C)=C5CC)c(C)c4C(=O)O)C(CCC(=O)O)C3C. The van der Waals surface area contributed by atoms with Crippen LogP contribution in [0.3, 0.4) is 0 Å². The summed E-state index contributed by atoms with van der Waals surface area (Å²) in [6, 6.07) is 5.88. The molecule has 2 atom stereocenters. The second-order valence-electron chi connectivity index (χ2n) is 14.0. The van der Waals surface area contributed by atoms with E-state index in [4.69, 9.17) is 9.97 Å². The van der Waals surface area contributed by atoms with Crippen molar-refractivity contribution >= 4 is 57.1 Å². The number of aromatic nitrogens is 4. The summed E-state index contributed by atoms with van der Waals surface area (Å²) in [5.41, 5.74) is 10.4. The summed E-state index contributed by atoms with van der Waals surface area (Å²) < 4.78 is 0. The highest BCUT2D eigenvalue weighted by Gasteiger charge is 2.33. The molecule has 0 radical (unpaired) electrons. The molecule has 0 fully saturated rings. The maximum Gasteiger partial charge on any atom is 0.338 e. The van der Waals surface area contributed by atoms with Crippen molar-refractivity contribution in [3.05, 3.63) is 75.4 Å². The zero-order valence-corrected chi connectivity index (χ0v) is 30.8. The molecule has 2 aliphatic rings. The lowest BCUT2D eigenvalue weighted by atomic mass is 9.85. The van der Waals surface area contributed by atoms with Crippen LogP contribution in [-0.4, -0.2) is 80.1 Å². The van der Waals surface area contributed by atoms with Crippen molar-refractivity contribution in [2.24, 2.45) is 0 Å². The lowest BCUT2D eigenvalue weighted by Gasteiger charge is -2.17. The number of carboxylic acids is 2. The highest BCUT2D eigenvalue weighted by molar-refractivity contribution is 6.03. The molecule has 5 heterocycles. The van der Waals surface area contributed by atoms with Crippen LogP contribution < -0.4 is 5.32 Å². The van der Waals surface area contributed by atoms with Crippen LogP contribution in [0.1, 0.15) is 120 Å². The monoisotopic (exact) mass is 694 g/mol. The quantitative estimate of drug-likeness (QED) is 0.116. The van der Waals surface area contributed by atoms with Crippen LogP contribution in [0.15, 0.2) is 24.8 Å². The fraction of sp³-hybridized carbons (Fsp3) is 0.425. The molecule has 0 saturated carbocycles. The molecule has 0 spiro atoms. The van der Waals surface area contributed by atoms with Gasteiger partial charge in [0, 0.05) is 58.2 Å². The van der Waals surface area contributed by atoms with Gasteiger partial charge in [-0.15, -0.1) is 0 Å². The van der Waals surface area contributed by atoms with Gasteiger partial charge in [0.05, 0.1) is 34.6 Å². The lowest BCUT2D eigenvalue weighted by Crippen LogP contribution is -2.27. The van der Waals surface area contributed by atoms with E-state index in [0.29, 0.717) is 40.1 Å². The van der Waals surface area contributed by atoms with Crippen molar-refractivity contribution in [3.8, 4) is 0 Å². The number of amides is 1. The largest absolute Gasteiger partial charge is 0.481 e. The Kier molecular flexibility index (Phi) is 11.3. The third-order valence-electron chi connectivity index (χ3n) is 10.3. The molecule has 0 aliphatic carbocycles. The molecule has 5 N–H and O–H groups in total.